The Hall–Kier alpha value is -2.32. The van der Waals surface area contributed by atoms with E-state index in [4.69, 9.17) is 27.9 Å². The van der Waals surface area contributed by atoms with Gasteiger partial charge in [0.05, 0.1) is 5.56 Å². The number of benzene rings is 1. The van der Waals surface area contributed by atoms with Gasteiger partial charge in [-0.1, -0.05) is 42.5 Å². The van der Waals surface area contributed by atoms with Gasteiger partial charge in [0.2, 0.25) is 0 Å². The summed E-state index contributed by atoms with van der Waals surface area (Å²) >= 11 is 11.6. The molecule has 1 aliphatic carbocycles. The number of hydrogen-bond acceptors (Lipinski definition) is 5. The summed E-state index contributed by atoms with van der Waals surface area (Å²) < 4.78 is 4.88. The number of hydrogen-bond donors (Lipinski definition) is 2. The smallest absolute Gasteiger partial charge is 0.344 e. The second-order valence-electron chi connectivity index (χ2n) is 6.48. The van der Waals surface area contributed by atoms with Gasteiger partial charge < -0.3 is 10.1 Å². The van der Waals surface area contributed by atoms with Gasteiger partial charge in [-0.05, 0) is 31.0 Å². The highest BCUT2D eigenvalue weighted by Gasteiger charge is 2.52. The number of rotatable bonds is 4. The maximum absolute atomic E-state index is 12.6. The number of imide groups is 1. The lowest BCUT2D eigenvalue weighted by atomic mass is 9.82. The van der Waals surface area contributed by atoms with Gasteiger partial charge in [-0.2, -0.15) is 5.01 Å². The number of nitrogens with zero attached hydrogens (tertiary/aromatic N) is 1. The second kappa shape index (κ2) is 7.74. The van der Waals surface area contributed by atoms with E-state index in [0.29, 0.717) is 17.9 Å². The van der Waals surface area contributed by atoms with Crippen molar-refractivity contribution >= 4 is 47.0 Å². The molecule has 10 heteroatoms. The number of halogens is 2. The summed E-state index contributed by atoms with van der Waals surface area (Å²) in [6.07, 6.45) is 3.73. The van der Waals surface area contributed by atoms with Crippen molar-refractivity contribution in [1.82, 2.24) is 15.8 Å². The van der Waals surface area contributed by atoms with Crippen LogP contribution in [0.3, 0.4) is 0 Å². The topological polar surface area (TPSA) is 105 Å². The lowest BCUT2D eigenvalue weighted by molar-refractivity contribution is -0.140. The molecule has 144 valence electrons. The van der Waals surface area contributed by atoms with E-state index >= 15 is 0 Å². The van der Waals surface area contributed by atoms with Crippen LogP contribution < -0.4 is 10.7 Å². The van der Waals surface area contributed by atoms with E-state index in [2.05, 4.69) is 10.7 Å². The van der Waals surface area contributed by atoms with Crippen LogP contribution in [-0.2, 0) is 14.3 Å². The Morgan fingerprint density at radius 3 is 2.37 bits per heavy atom. The minimum absolute atomic E-state index is 0.0800. The maximum atomic E-state index is 12.6. The zero-order valence-electron chi connectivity index (χ0n) is 14.2. The summed E-state index contributed by atoms with van der Waals surface area (Å²) in [6, 6.07) is 3.45. The summed E-state index contributed by atoms with van der Waals surface area (Å²) in [6.45, 7) is -0.674. The first-order chi connectivity index (χ1) is 12.8. The molecule has 1 saturated heterocycles. The fourth-order valence-electron chi connectivity index (χ4n) is 3.26. The largest absolute Gasteiger partial charge is 0.452 e. The van der Waals surface area contributed by atoms with Crippen molar-refractivity contribution in [2.45, 2.75) is 37.6 Å². The lowest BCUT2D eigenvalue weighted by Crippen LogP contribution is -2.51. The third kappa shape index (κ3) is 4.17. The highest BCUT2D eigenvalue weighted by Crippen LogP contribution is 2.32. The summed E-state index contributed by atoms with van der Waals surface area (Å²) in [5.74, 6) is -2.11. The molecule has 1 aromatic rings. The van der Waals surface area contributed by atoms with E-state index in [9.17, 15) is 19.2 Å². The summed E-state index contributed by atoms with van der Waals surface area (Å²) in [4.78, 5) is 48.6. The van der Waals surface area contributed by atoms with Gasteiger partial charge in [0, 0.05) is 10.0 Å². The van der Waals surface area contributed by atoms with Crippen molar-refractivity contribution < 1.29 is 23.9 Å². The molecule has 1 heterocycles. The van der Waals surface area contributed by atoms with Crippen molar-refractivity contribution in [3.63, 3.8) is 0 Å². The van der Waals surface area contributed by atoms with E-state index in [1.54, 1.807) is 0 Å². The Kier molecular flexibility index (Phi) is 5.57. The van der Waals surface area contributed by atoms with Gasteiger partial charge in [-0.25, -0.2) is 9.59 Å². The molecule has 4 amide bonds. The molecule has 1 aliphatic heterocycles. The Morgan fingerprint density at radius 2 is 1.74 bits per heavy atom. The standard InChI is InChI=1S/C17H17Cl2N3O5/c18-11-6-10(7-12(19)8-11)14(24)27-9-13(23)21-22-15(25)17(20-16(22)26)4-2-1-3-5-17/h6-8H,1-5,9H2,(H,20,26)(H,21,23). The van der Waals surface area contributed by atoms with Crippen LogP contribution in [-0.4, -0.2) is 41.0 Å². The van der Waals surface area contributed by atoms with Gasteiger partial charge in [0.15, 0.2) is 6.61 Å². The van der Waals surface area contributed by atoms with Crippen molar-refractivity contribution in [3.8, 4) is 0 Å². The lowest BCUT2D eigenvalue weighted by Gasteiger charge is -2.30. The number of hydrazine groups is 1. The van der Waals surface area contributed by atoms with Crippen molar-refractivity contribution in [3.05, 3.63) is 33.8 Å². The molecule has 0 bridgehead atoms. The van der Waals surface area contributed by atoms with Crippen LogP contribution in [0.5, 0.6) is 0 Å². The van der Waals surface area contributed by atoms with E-state index in [1.807, 2.05) is 0 Å². The molecule has 27 heavy (non-hydrogen) atoms. The summed E-state index contributed by atoms with van der Waals surface area (Å²) in [5, 5.41) is 3.81. The van der Waals surface area contributed by atoms with Crippen molar-refractivity contribution in [2.75, 3.05) is 6.61 Å². The molecule has 1 spiro atoms. The number of nitrogens with one attached hydrogen (secondary N) is 2. The van der Waals surface area contributed by atoms with Crippen LogP contribution in [0, 0.1) is 0 Å². The first-order valence-corrected chi connectivity index (χ1v) is 9.16. The SMILES string of the molecule is O=C(COC(=O)c1cc(Cl)cc(Cl)c1)NN1C(=O)NC2(CCCCC2)C1=O. The zero-order chi connectivity index (χ0) is 19.6. The Balaban J connectivity index is 1.57. The van der Waals surface area contributed by atoms with Gasteiger partial charge in [0.25, 0.3) is 11.8 Å². The van der Waals surface area contributed by atoms with Crippen LogP contribution in [0.25, 0.3) is 0 Å². The first-order valence-electron chi connectivity index (χ1n) is 8.40. The molecular weight excluding hydrogens is 397 g/mol. The highest BCUT2D eigenvalue weighted by molar-refractivity contribution is 6.35. The molecule has 2 aliphatic rings. The van der Waals surface area contributed by atoms with Gasteiger partial charge in [-0.15, -0.1) is 0 Å². The van der Waals surface area contributed by atoms with Crippen LogP contribution in [0.15, 0.2) is 18.2 Å². The average molecular weight is 414 g/mol. The van der Waals surface area contributed by atoms with E-state index in [1.165, 1.54) is 18.2 Å². The monoisotopic (exact) mass is 413 g/mol. The van der Waals surface area contributed by atoms with Crippen LogP contribution in [0.1, 0.15) is 42.5 Å². The molecular formula is C17H17Cl2N3O5. The molecule has 0 atom stereocenters. The van der Waals surface area contributed by atoms with Crippen LogP contribution in [0.2, 0.25) is 10.0 Å². The van der Waals surface area contributed by atoms with E-state index in [0.717, 1.165) is 19.3 Å². The summed E-state index contributed by atoms with van der Waals surface area (Å²) in [7, 11) is 0. The van der Waals surface area contributed by atoms with Crippen LogP contribution in [0.4, 0.5) is 4.79 Å². The highest BCUT2D eigenvalue weighted by atomic mass is 35.5. The molecule has 3 rings (SSSR count). The fraction of sp³-hybridized carbons (Fsp3) is 0.412. The Bertz CT molecular complexity index is 788. The molecule has 1 saturated carbocycles. The van der Waals surface area contributed by atoms with Gasteiger partial charge in [-0.3, -0.25) is 15.0 Å². The normalized spacial score (nSPS) is 18.4. The maximum Gasteiger partial charge on any atom is 0.344 e. The van der Waals surface area contributed by atoms with Crippen LogP contribution >= 0.6 is 23.2 Å². The number of urea groups is 1. The molecule has 0 aromatic heterocycles. The Labute approximate surface area is 165 Å². The van der Waals surface area contributed by atoms with E-state index < -0.39 is 36.0 Å². The number of carbonyl (C=O) groups excluding carboxylic acids is 4. The van der Waals surface area contributed by atoms with Gasteiger partial charge in [0.1, 0.15) is 5.54 Å². The second-order valence-corrected chi connectivity index (χ2v) is 7.36. The predicted octanol–water partition coefficient (Wildman–Crippen LogP) is 2.44. The van der Waals surface area contributed by atoms with Gasteiger partial charge >= 0.3 is 12.0 Å². The number of carbonyl (C=O) groups is 4. The Morgan fingerprint density at radius 1 is 1.11 bits per heavy atom. The number of ether oxygens (including phenoxy) is 1. The minimum atomic E-state index is -0.948. The molecule has 0 radical (unpaired) electrons. The molecule has 0 unspecified atom stereocenters. The minimum Gasteiger partial charge on any atom is -0.452 e. The first kappa shape index (κ1) is 19.4. The number of amides is 4. The fourth-order valence-corrected chi connectivity index (χ4v) is 3.79. The molecule has 2 N–H and O–H groups in total. The van der Waals surface area contributed by atoms with E-state index in [-0.39, 0.29) is 15.6 Å². The average Bonchev–Trinajstić information content (AvgIpc) is 2.83. The summed E-state index contributed by atoms with van der Waals surface area (Å²) in [5.41, 5.74) is 1.32. The molecule has 2 fully saturated rings. The third-order valence-electron chi connectivity index (χ3n) is 4.54. The van der Waals surface area contributed by atoms with Crippen molar-refractivity contribution in [1.29, 1.82) is 0 Å². The molecule has 8 nitrogen and oxygen atoms in total. The zero-order valence-corrected chi connectivity index (χ0v) is 15.7. The molecule has 1 aromatic carbocycles. The number of esters is 1. The predicted molar refractivity (Wildman–Crippen MR) is 96.1 cm³/mol. The van der Waals surface area contributed by atoms with Crippen molar-refractivity contribution in [2.24, 2.45) is 0 Å². The quantitative estimate of drug-likeness (QED) is 0.582. The third-order valence-corrected chi connectivity index (χ3v) is 4.97.